The number of benzene rings is 1. The highest BCUT2D eigenvalue weighted by atomic mass is 32.2. The van der Waals surface area contributed by atoms with Crippen LogP contribution < -0.4 is 10.2 Å². The van der Waals surface area contributed by atoms with Gasteiger partial charge in [-0.3, -0.25) is 0 Å². The van der Waals surface area contributed by atoms with E-state index in [0.29, 0.717) is 5.69 Å². The normalized spacial score (nSPS) is 25.8. The van der Waals surface area contributed by atoms with Gasteiger partial charge in [-0.25, -0.2) is 18.0 Å². The van der Waals surface area contributed by atoms with E-state index in [1.54, 1.807) is 19.1 Å². The number of quaternary nitrogens is 1. The number of hydrogen-bond acceptors (Lipinski definition) is 7. The van der Waals surface area contributed by atoms with Crippen molar-refractivity contribution in [3.05, 3.63) is 46.7 Å². The third-order valence-corrected chi connectivity index (χ3v) is 6.84. The molecule has 1 aromatic carbocycles. The van der Waals surface area contributed by atoms with Crippen molar-refractivity contribution in [1.29, 1.82) is 5.26 Å². The van der Waals surface area contributed by atoms with Crippen LogP contribution in [-0.2, 0) is 19.4 Å². The summed E-state index contributed by atoms with van der Waals surface area (Å²) in [7, 11) is -3.29. The van der Waals surface area contributed by atoms with Gasteiger partial charge in [0, 0.05) is 18.3 Å². The molecular formula is C19H20N3O5S+. The van der Waals surface area contributed by atoms with Crippen LogP contribution in [0.25, 0.3) is 0 Å². The SMILES string of the molecule is CC1=C(C#N)C(=O)[NH+]([C@H]2CCS(=O)(=O)C2)C(=O)/C1=C\Nc1ccc(O)cc1C. The number of carbonyl (C=O) groups excluding carboxylic acids is 2. The van der Waals surface area contributed by atoms with Crippen LogP contribution in [-0.4, -0.2) is 42.9 Å². The molecule has 2 aliphatic rings. The molecule has 0 aromatic heterocycles. The summed E-state index contributed by atoms with van der Waals surface area (Å²) in [6.45, 7) is 3.30. The predicted molar refractivity (Wildman–Crippen MR) is 101 cm³/mol. The van der Waals surface area contributed by atoms with Crippen molar-refractivity contribution >= 4 is 27.3 Å². The third-order valence-electron chi connectivity index (χ3n) is 5.07. The van der Waals surface area contributed by atoms with Gasteiger partial charge in [0.1, 0.15) is 29.2 Å². The minimum Gasteiger partial charge on any atom is -0.508 e. The number of nitriles is 1. The fourth-order valence-corrected chi connectivity index (χ4v) is 5.28. The largest absolute Gasteiger partial charge is 0.508 e. The number of aromatic hydroxyl groups is 1. The van der Waals surface area contributed by atoms with Gasteiger partial charge in [0.15, 0.2) is 15.4 Å². The molecule has 3 N–H and O–H groups in total. The maximum atomic E-state index is 13.0. The lowest BCUT2D eigenvalue weighted by molar-refractivity contribution is -0.761. The quantitative estimate of drug-likeness (QED) is 0.368. The summed E-state index contributed by atoms with van der Waals surface area (Å²) in [4.78, 5) is 25.6. The van der Waals surface area contributed by atoms with Crippen LogP contribution in [0.15, 0.2) is 41.1 Å². The topological polar surface area (TPSA) is 129 Å². The zero-order chi connectivity index (χ0) is 20.6. The Morgan fingerprint density at radius 3 is 2.57 bits per heavy atom. The minimum absolute atomic E-state index is 0.0731. The molecule has 8 nitrogen and oxygen atoms in total. The number of rotatable bonds is 3. The number of hydrogen-bond donors (Lipinski definition) is 3. The van der Waals surface area contributed by atoms with Gasteiger partial charge in [-0.2, -0.15) is 10.2 Å². The molecule has 1 aromatic rings. The smallest absolute Gasteiger partial charge is 0.363 e. The lowest BCUT2D eigenvalue weighted by Crippen LogP contribution is -3.21. The number of carbonyl (C=O) groups is 2. The van der Waals surface area contributed by atoms with Crippen LogP contribution in [0.4, 0.5) is 5.69 Å². The fourth-order valence-electron chi connectivity index (χ4n) is 3.52. The number of nitrogens with zero attached hydrogens (tertiary/aromatic N) is 1. The molecule has 0 saturated carbocycles. The maximum Gasteiger partial charge on any atom is 0.363 e. The molecule has 146 valence electrons. The van der Waals surface area contributed by atoms with Crippen LogP contribution >= 0.6 is 0 Å². The summed E-state index contributed by atoms with van der Waals surface area (Å²) in [5.74, 6) is -1.44. The van der Waals surface area contributed by atoms with Crippen molar-refractivity contribution in [2.24, 2.45) is 0 Å². The van der Waals surface area contributed by atoms with Gasteiger partial charge < -0.3 is 10.4 Å². The van der Waals surface area contributed by atoms with Gasteiger partial charge in [0.2, 0.25) is 0 Å². The third kappa shape index (κ3) is 3.56. The van der Waals surface area contributed by atoms with Crippen LogP contribution in [0.2, 0.25) is 0 Å². The summed E-state index contributed by atoms with van der Waals surface area (Å²) >= 11 is 0. The Hall–Kier alpha value is -2.96. The van der Waals surface area contributed by atoms with E-state index in [1.165, 1.54) is 19.2 Å². The van der Waals surface area contributed by atoms with Crippen molar-refractivity contribution in [2.75, 3.05) is 16.8 Å². The Kier molecular flexibility index (Phi) is 5.10. The standard InChI is InChI=1S/C19H19N3O5S/c1-11-7-14(23)3-4-17(11)21-9-16-12(2)15(8-20)18(24)22(19(16)25)13-5-6-28(26,27)10-13/h3-4,7,9,13,21,23H,5-6,10H2,1-2H3/p+1/b16-9-/t13-/m0/s1. The molecular weight excluding hydrogens is 382 g/mol. The van der Waals surface area contributed by atoms with Crippen molar-refractivity contribution < 1.29 is 28.0 Å². The van der Waals surface area contributed by atoms with Crippen LogP contribution in [0.1, 0.15) is 18.9 Å². The summed E-state index contributed by atoms with van der Waals surface area (Å²) < 4.78 is 23.6. The summed E-state index contributed by atoms with van der Waals surface area (Å²) in [5.41, 5.74) is 1.65. The van der Waals surface area contributed by atoms with E-state index >= 15 is 0 Å². The lowest BCUT2D eigenvalue weighted by Gasteiger charge is -2.25. The number of sulfone groups is 1. The molecule has 9 heteroatoms. The summed E-state index contributed by atoms with van der Waals surface area (Å²) in [5, 5.41) is 21.9. The Morgan fingerprint density at radius 2 is 2.00 bits per heavy atom. The average molecular weight is 402 g/mol. The lowest BCUT2D eigenvalue weighted by atomic mass is 9.94. The van der Waals surface area contributed by atoms with Crippen LogP contribution in [0.5, 0.6) is 5.75 Å². The van der Waals surface area contributed by atoms with E-state index in [0.717, 1.165) is 5.56 Å². The highest BCUT2D eigenvalue weighted by molar-refractivity contribution is 7.91. The molecule has 1 unspecified atom stereocenters. The first-order valence-corrected chi connectivity index (χ1v) is 10.5. The first kappa shape index (κ1) is 19.8. The molecule has 0 radical (unpaired) electrons. The van der Waals surface area contributed by atoms with Crippen molar-refractivity contribution in [1.82, 2.24) is 0 Å². The molecule has 2 atom stereocenters. The molecule has 2 aliphatic heterocycles. The van der Waals surface area contributed by atoms with E-state index in [2.05, 4.69) is 5.32 Å². The molecule has 28 heavy (non-hydrogen) atoms. The molecule has 0 bridgehead atoms. The van der Waals surface area contributed by atoms with Gasteiger partial charge in [-0.05, 0) is 43.2 Å². The number of phenols is 1. The summed E-state index contributed by atoms with van der Waals surface area (Å²) in [6.07, 6.45) is 1.62. The van der Waals surface area contributed by atoms with E-state index in [-0.39, 0.29) is 45.3 Å². The number of aryl methyl sites for hydroxylation is 1. The van der Waals surface area contributed by atoms with E-state index in [1.807, 2.05) is 6.07 Å². The Bertz CT molecular complexity index is 1080. The zero-order valence-electron chi connectivity index (χ0n) is 15.4. The highest BCUT2D eigenvalue weighted by Gasteiger charge is 2.48. The molecule has 0 aliphatic carbocycles. The van der Waals surface area contributed by atoms with Gasteiger partial charge in [0.05, 0.1) is 5.75 Å². The number of imide groups is 1. The fraction of sp³-hybridized carbons (Fsp3) is 0.316. The van der Waals surface area contributed by atoms with Crippen molar-refractivity contribution in [3.63, 3.8) is 0 Å². The van der Waals surface area contributed by atoms with Gasteiger partial charge in [-0.1, -0.05) is 0 Å². The predicted octanol–water partition coefficient (Wildman–Crippen LogP) is -0.0247. The zero-order valence-corrected chi connectivity index (χ0v) is 16.3. The molecule has 2 amide bonds. The van der Waals surface area contributed by atoms with E-state index in [9.17, 15) is 28.4 Å². The van der Waals surface area contributed by atoms with Gasteiger partial charge in [-0.15, -0.1) is 0 Å². The molecule has 1 fully saturated rings. The Balaban J connectivity index is 1.99. The van der Waals surface area contributed by atoms with Crippen LogP contribution in [0.3, 0.4) is 0 Å². The second-order valence-electron chi connectivity index (χ2n) is 6.99. The number of anilines is 1. The highest BCUT2D eigenvalue weighted by Crippen LogP contribution is 2.23. The first-order chi connectivity index (χ1) is 13.1. The summed E-state index contributed by atoms with van der Waals surface area (Å²) in [6, 6.07) is 5.84. The van der Waals surface area contributed by atoms with Gasteiger partial charge in [0.25, 0.3) is 0 Å². The second kappa shape index (κ2) is 7.22. The van der Waals surface area contributed by atoms with E-state index in [4.69, 9.17) is 0 Å². The van der Waals surface area contributed by atoms with Crippen molar-refractivity contribution in [2.45, 2.75) is 26.3 Å². The van der Waals surface area contributed by atoms with E-state index < -0.39 is 27.7 Å². The Morgan fingerprint density at radius 1 is 1.29 bits per heavy atom. The number of phenolic OH excluding ortho intramolecular Hbond substituents is 1. The average Bonchev–Trinajstić information content (AvgIpc) is 2.96. The molecule has 1 saturated heterocycles. The second-order valence-corrected chi connectivity index (χ2v) is 9.21. The van der Waals surface area contributed by atoms with Gasteiger partial charge >= 0.3 is 11.8 Å². The number of amides is 2. The maximum absolute atomic E-state index is 13.0. The minimum atomic E-state index is -3.29. The first-order valence-electron chi connectivity index (χ1n) is 8.69. The van der Waals surface area contributed by atoms with Crippen molar-refractivity contribution in [3.8, 4) is 11.8 Å². The molecule has 3 rings (SSSR count). The molecule has 0 spiro atoms. The monoisotopic (exact) mass is 402 g/mol. The Labute approximate surface area is 162 Å². The number of nitrogens with one attached hydrogen (secondary N) is 2. The molecule has 2 heterocycles. The van der Waals surface area contributed by atoms with Crippen LogP contribution in [0, 0.1) is 18.3 Å².